The van der Waals surface area contributed by atoms with E-state index in [0.29, 0.717) is 11.3 Å². The minimum Gasteiger partial charge on any atom is -0.453 e. The van der Waals surface area contributed by atoms with Gasteiger partial charge in [-0.25, -0.2) is 4.39 Å². The molecule has 0 saturated carbocycles. The summed E-state index contributed by atoms with van der Waals surface area (Å²) in [7, 11) is 0. The lowest BCUT2D eigenvalue weighted by atomic mass is 10.2. The van der Waals surface area contributed by atoms with E-state index in [1.807, 2.05) is 6.07 Å². The van der Waals surface area contributed by atoms with Crippen LogP contribution in [0.3, 0.4) is 0 Å². The van der Waals surface area contributed by atoms with Crippen molar-refractivity contribution in [1.82, 2.24) is 0 Å². The van der Waals surface area contributed by atoms with Crippen molar-refractivity contribution in [3.63, 3.8) is 0 Å². The highest BCUT2D eigenvalue weighted by molar-refractivity contribution is 9.11. The van der Waals surface area contributed by atoms with E-state index in [0.717, 1.165) is 8.95 Å². The van der Waals surface area contributed by atoms with Crippen LogP contribution in [0.5, 0.6) is 11.5 Å². The van der Waals surface area contributed by atoms with Crippen LogP contribution in [0.1, 0.15) is 5.56 Å². The second kappa shape index (κ2) is 5.59. The maximum atomic E-state index is 13.9. The molecule has 0 fully saturated rings. The van der Waals surface area contributed by atoms with E-state index in [-0.39, 0.29) is 10.8 Å². The molecule has 0 atom stereocenters. The Morgan fingerprint density at radius 3 is 2.33 bits per heavy atom. The molecule has 0 radical (unpaired) electrons. The monoisotopic (exact) mass is 392 g/mol. The second-order valence-electron chi connectivity index (χ2n) is 3.71. The van der Waals surface area contributed by atoms with Crippen LogP contribution < -0.4 is 4.74 Å². The first kappa shape index (κ1) is 13.8. The molecule has 0 N–H and O–H groups in total. The number of benzene rings is 2. The van der Waals surface area contributed by atoms with Gasteiger partial charge in [0.25, 0.3) is 0 Å². The fourth-order valence-corrected chi connectivity index (χ4v) is 2.87. The molecule has 0 spiro atoms. The maximum absolute atomic E-state index is 13.9. The molecule has 2 rings (SSSR count). The Labute approximate surface area is 126 Å². The van der Waals surface area contributed by atoms with Gasteiger partial charge in [0.1, 0.15) is 5.75 Å². The third-order valence-electron chi connectivity index (χ3n) is 2.30. The van der Waals surface area contributed by atoms with Gasteiger partial charge < -0.3 is 4.74 Å². The molecule has 2 aromatic rings. The summed E-state index contributed by atoms with van der Waals surface area (Å²) in [6.45, 7) is 1.66. The van der Waals surface area contributed by atoms with Crippen LogP contribution >= 0.6 is 43.5 Å². The van der Waals surface area contributed by atoms with Crippen molar-refractivity contribution in [3.8, 4) is 11.5 Å². The quantitative estimate of drug-likeness (QED) is 0.598. The first-order valence-corrected chi connectivity index (χ1v) is 7.02. The minimum absolute atomic E-state index is 0.0432. The summed E-state index contributed by atoms with van der Waals surface area (Å²) in [5, 5.41) is 0.245. The molecule has 0 aromatic heterocycles. The topological polar surface area (TPSA) is 9.23 Å². The lowest BCUT2D eigenvalue weighted by Crippen LogP contribution is -1.92. The molecule has 0 saturated heterocycles. The van der Waals surface area contributed by atoms with Gasteiger partial charge in [0, 0.05) is 8.95 Å². The van der Waals surface area contributed by atoms with E-state index in [1.54, 1.807) is 31.2 Å². The molecule has 0 heterocycles. The Bertz CT molecular complexity index is 582. The maximum Gasteiger partial charge on any atom is 0.181 e. The average Bonchev–Trinajstić information content (AvgIpc) is 2.28. The highest BCUT2D eigenvalue weighted by Crippen LogP contribution is 2.35. The van der Waals surface area contributed by atoms with Gasteiger partial charge in [-0.2, -0.15) is 0 Å². The Kier molecular flexibility index (Phi) is 4.30. The molecule has 0 unspecified atom stereocenters. The zero-order chi connectivity index (χ0) is 13.3. The lowest BCUT2D eigenvalue weighted by Gasteiger charge is -2.10. The third kappa shape index (κ3) is 3.05. The second-order valence-corrected chi connectivity index (χ2v) is 5.95. The fraction of sp³-hybridized carbons (Fsp3) is 0.0769. The van der Waals surface area contributed by atoms with Crippen molar-refractivity contribution in [3.05, 3.63) is 55.7 Å². The largest absolute Gasteiger partial charge is 0.453 e. The van der Waals surface area contributed by atoms with Crippen molar-refractivity contribution in [2.45, 2.75) is 6.92 Å². The molecule has 0 aliphatic rings. The van der Waals surface area contributed by atoms with E-state index in [1.165, 1.54) is 0 Å². The SMILES string of the molecule is Cc1ccc(Cl)c(Oc2cc(Br)cc(Br)c2)c1F. The molecule has 5 heteroatoms. The summed E-state index contributed by atoms with van der Waals surface area (Å²) in [6, 6.07) is 8.57. The lowest BCUT2D eigenvalue weighted by molar-refractivity contribution is 0.440. The first-order chi connectivity index (χ1) is 8.47. The summed E-state index contributed by atoms with van der Waals surface area (Å²) < 4.78 is 21.1. The molecule has 0 aliphatic heterocycles. The van der Waals surface area contributed by atoms with Crippen molar-refractivity contribution in [1.29, 1.82) is 0 Å². The number of halogens is 4. The molecule has 18 heavy (non-hydrogen) atoms. The van der Waals surface area contributed by atoms with Gasteiger partial charge in [0.15, 0.2) is 11.6 Å². The van der Waals surface area contributed by atoms with Gasteiger partial charge >= 0.3 is 0 Å². The van der Waals surface area contributed by atoms with E-state index in [4.69, 9.17) is 16.3 Å². The number of hydrogen-bond acceptors (Lipinski definition) is 1. The third-order valence-corrected chi connectivity index (χ3v) is 3.51. The van der Waals surface area contributed by atoms with Gasteiger partial charge in [-0.05, 0) is 36.8 Å². The predicted molar refractivity (Wildman–Crippen MR) is 78.1 cm³/mol. The molecular weight excluding hydrogens is 386 g/mol. The van der Waals surface area contributed by atoms with E-state index in [2.05, 4.69) is 31.9 Å². The molecule has 0 aliphatic carbocycles. The zero-order valence-corrected chi connectivity index (χ0v) is 13.2. The molecule has 0 bridgehead atoms. The van der Waals surface area contributed by atoms with Crippen LogP contribution in [-0.2, 0) is 0 Å². The highest BCUT2D eigenvalue weighted by Gasteiger charge is 2.13. The Balaban J connectivity index is 2.42. The van der Waals surface area contributed by atoms with Crippen LogP contribution in [0.15, 0.2) is 39.3 Å². The van der Waals surface area contributed by atoms with E-state index < -0.39 is 5.82 Å². The van der Waals surface area contributed by atoms with E-state index >= 15 is 0 Å². The Morgan fingerprint density at radius 1 is 1.11 bits per heavy atom. The van der Waals surface area contributed by atoms with Crippen molar-refractivity contribution in [2.24, 2.45) is 0 Å². The molecule has 1 nitrogen and oxygen atoms in total. The number of ether oxygens (including phenoxy) is 1. The highest BCUT2D eigenvalue weighted by atomic mass is 79.9. The predicted octanol–water partition coefficient (Wildman–Crippen LogP) is 6.10. The minimum atomic E-state index is -0.446. The van der Waals surface area contributed by atoms with E-state index in [9.17, 15) is 4.39 Å². The van der Waals surface area contributed by atoms with Gasteiger partial charge in [0.05, 0.1) is 5.02 Å². The van der Waals surface area contributed by atoms with Crippen LogP contribution in [0.2, 0.25) is 5.02 Å². The molecule has 94 valence electrons. The van der Waals surface area contributed by atoms with Gasteiger partial charge in [0.2, 0.25) is 0 Å². The van der Waals surface area contributed by atoms with Crippen LogP contribution in [0.25, 0.3) is 0 Å². The van der Waals surface area contributed by atoms with Crippen LogP contribution in [0, 0.1) is 12.7 Å². The Hall–Kier alpha value is -0.580. The zero-order valence-electron chi connectivity index (χ0n) is 9.31. The molecule has 0 amide bonds. The summed E-state index contributed by atoms with van der Waals surface area (Å²) in [4.78, 5) is 0. The summed E-state index contributed by atoms with van der Waals surface area (Å²) in [5.74, 6) is 0.0999. The summed E-state index contributed by atoms with van der Waals surface area (Å²) in [6.07, 6.45) is 0. The van der Waals surface area contributed by atoms with Crippen molar-refractivity contribution < 1.29 is 9.13 Å². The standard InChI is InChI=1S/C13H8Br2ClFO/c1-7-2-3-11(16)13(12(7)17)18-10-5-8(14)4-9(15)6-10/h2-6H,1H3. The van der Waals surface area contributed by atoms with Gasteiger partial charge in [-0.3, -0.25) is 0 Å². The van der Waals surface area contributed by atoms with Crippen LogP contribution in [-0.4, -0.2) is 0 Å². The van der Waals surface area contributed by atoms with Crippen molar-refractivity contribution >= 4 is 43.5 Å². The normalized spacial score (nSPS) is 10.5. The Morgan fingerprint density at radius 2 is 1.72 bits per heavy atom. The number of hydrogen-bond donors (Lipinski definition) is 0. The summed E-state index contributed by atoms with van der Waals surface area (Å²) in [5.41, 5.74) is 0.489. The van der Waals surface area contributed by atoms with Crippen molar-refractivity contribution in [2.75, 3.05) is 0 Å². The van der Waals surface area contributed by atoms with Gasteiger partial charge in [-0.1, -0.05) is 49.5 Å². The fourth-order valence-electron chi connectivity index (χ4n) is 1.43. The van der Waals surface area contributed by atoms with Gasteiger partial charge in [-0.15, -0.1) is 0 Å². The van der Waals surface area contributed by atoms with Crippen LogP contribution in [0.4, 0.5) is 4.39 Å². The molecule has 2 aromatic carbocycles. The summed E-state index contributed by atoms with van der Waals surface area (Å²) >= 11 is 12.6. The number of aryl methyl sites for hydroxylation is 1. The smallest absolute Gasteiger partial charge is 0.181 e. The average molecular weight is 394 g/mol. The first-order valence-electron chi connectivity index (χ1n) is 5.06. The molecular formula is C13H8Br2ClFO. The number of rotatable bonds is 2.